The molecule has 28 heavy (non-hydrogen) atoms. The number of benzene rings is 2. The lowest BCUT2D eigenvalue weighted by Gasteiger charge is -2.23. The van der Waals surface area contributed by atoms with Crippen molar-refractivity contribution in [3.63, 3.8) is 0 Å². The van der Waals surface area contributed by atoms with Crippen LogP contribution in [0.3, 0.4) is 0 Å². The first kappa shape index (κ1) is 21.8. The molecule has 0 radical (unpaired) electrons. The van der Waals surface area contributed by atoms with Crippen molar-refractivity contribution in [3.8, 4) is 11.5 Å². The predicted molar refractivity (Wildman–Crippen MR) is 110 cm³/mol. The first-order chi connectivity index (χ1) is 13.2. The average Bonchev–Trinajstić information content (AvgIpc) is 2.65. The van der Waals surface area contributed by atoms with Crippen molar-refractivity contribution in [3.05, 3.63) is 53.1 Å². The van der Waals surface area contributed by atoms with Crippen LogP contribution in [-0.2, 0) is 14.8 Å². The van der Waals surface area contributed by atoms with Crippen LogP contribution < -0.4 is 19.1 Å². The molecule has 9 heteroatoms. The smallest absolute Gasteiger partial charge is 0.241 e. The fourth-order valence-electron chi connectivity index (χ4n) is 2.63. The summed E-state index contributed by atoms with van der Waals surface area (Å²) in [6.07, 6.45) is 1.05. The van der Waals surface area contributed by atoms with Gasteiger partial charge in [-0.25, -0.2) is 8.42 Å². The van der Waals surface area contributed by atoms with Crippen LogP contribution >= 0.6 is 11.6 Å². The lowest BCUT2D eigenvalue weighted by atomic mass is 10.1. The van der Waals surface area contributed by atoms with Crippen LogP contribution in [0.2, 0.25) is 5.02 Å². The molecule has 0 aromatic heterocycles. The van der Waals surface area contributed by atoms with Crippen molar-refractivity contribution < 1.29 is 22.7 Å². The number of anilines is 1. The zero-order valence-corrected chi connectivity index (χ0v) is 17.7. The van der Waals surface area contributed by atoms with E-state index in [0.29, 0.717) is 22.2 Å². The molecular weight excluding hydrogens is 404 g/mol. The van der Waals surface area contributed by atoms with Crippen molar-refractivity contribution in [1.29, 1.82) is 0 Å². The molecule has 0 heterocycles. The summed E-state index contributed by atoms with van der Waals surface area (Å²) in [7, 11) is -0.583. The van der Waals surface area contributed by atoms with Gasteiger partial charge in [0.2, 0.25) is 15.9 Å². The molecule has 0 saturated heterocycles. The molecule has 0 aliphatic heterocycles. The molecule has 0 spiro atoms. The summed E-state index contributed by atoms with van der Waals surface area (Å²) >= 11 is 5.85. The summed E-state index contributed by atoms with van der Waals surface area (Å²) in [5.41, 5.74) is 1.16. The molecule has 0 unspecified atom stereocenters. The molecule has 2 aromatic rings. The molecule has 2 aromatic carbocycles. The highest BCUT2D eigenvalue weighted by atomic mass is 35.5. The van der Waals surface area contributed by atoms with Gasteiger partial charge in [-0.15, -0.1) is 0 Å². The van der Waals surface area contributed by atoms with Crippen molar-refractivity contribution >= 4 is 33.2 Å². The van der Waals surface area contributed by atoms with Gasteiger partial charge >= 0.3 is 0 Å². The largest absolute Gasteiger partial charge is 0.493 e. The van der Waals surface area contributed by atoms with Gasteiger partial charge in [0.1, 0.15) is 6.54 Å². The monoisotopic (exact) mass is 426 g/mol. The molecule has 1 amide bonds. The molecule has 0 saturated carbocycles. The number of nitrogens with zero attached hydrogens (tertiary/aromatic N) is 1. The third-order valence-electron chi connectivity index (χ3n) is 4.09. The van der Waals surface area contributed by atoms with Gasteiger partial charge in [0.15, 0.2) is 11.5 Å². The Morgan fingerprint density at radius 1 is 1.11 bits per heavy atom. The van der Waals surface area contributed by atoms with Gasteiger partial charge in [-0.1, -0.05) is 17.7 Å². The maximum atomic E-state index is 12.5. The van der Waals surface area contributed by atoms with E-state index < -0.39 is 15.9 Å². The van der Waals surface area contributed by atoms with Crippen molar-refractivity contribution in [2.75, 3.05) is 31.3 Å². The minimum Gasteiger partial charge on any atom is -0.493 e. The van der Waals surface area contributed by atoms with Gasteiger partial charge < -0.3 is 14.8 Å². The van der Waals surface area contributed by atoms with Crippen molar-refractivity contribution in [1.82, 2.24) is 5.32 Å². The second-order valence-corrected chi connectivity index (χ2v) is 8.49. The molecule has 7 nitrogen and oxygen atoms in total. The van der Waals surface area contributed by atoms with E-state index in [9.17, 15) is 13.2 Å². The summed E-state index contributed by atoms with van der Waals surface area (Å²) in [5, 5.41) is 3.28. The lowest BCUT2D eigenvalue weighted by molar-refractivity contribution is -0.120. The van der Waals surface area contributed by atoms with Gasteiger partial charge in [-0.2, -0.15) is 0 Å². The van der Waals surface area contributed by atoms with Crippen LogP contribution in [0.25, 0.3) is 0 Å². The topological polar surface area (TPSA) is 84.9 Å². The molecule has 2 rings (SSSR count). The minimum atomic E-state index is -3.65. The number of methoxy groups -OCH3 is 2. The summed E-state index contributed by atoms with van der Waals surface area (Å²) in [6.45, 7) is 1.45. The number of rotatable bonds is 8. The number of nitrogens with one attached hydrogen (secondary N) is 1. The Hall–Kier alpha value is -2.45. The van der Waals surface area contributed by atoms with Crippen molar-refractivity contribution in [2.45, 2.75) is 13.0 Å². The van der Waals surface area contributed by atoms with Crippen LogP contribution in [0.4, 0.5) is 5.69 Å². The molecule has 0 aliphatic rings. The van der Waals surface area contributed by atoms with Gasteiger partial charge in [0, 0.05) is 5.02 Å². The van der Waals surface area contributed by atoms with E-state index in [1.54, 1.807) is 56.5 Å². The Morgan fingerprint density at radius 2 is 1.71 bits per heavy atom. The van der Waals surface area contributed by atoms with Gasteiger partial charge in [-0.05, 0) is 48.9 Å². The number of carbonyl (C=O) groups excluding carboxylic acids is 1. The first-order valence-corrected chi connectivity index (χ1v) is 10.6. The molecule has 1 N–H and O–H groups in total. The highest BCUT2D eigenvalue weighted by Crippen LogP contribution is 2.30. The summed E-state index contributed by atoms with van der Waals surface area (Å²) in [6, 6.07) is 11.2. The first-order valence-electron chi connectivity index (χ1n) is 8.40. The summed E-state index contributed by atoms with van der Waals surface area (Å²) in [5.74, 6) is 0.679. The Labute approximate surface area is 170 Å². The van der Waals surface area contributed by atoms with E-state index in [2.05, 4.69) is 5.32 Å². The van der Waals surface area contributed by atoms with Crippen molar-refractivity contribution in [2.24, 2.45) is 0 Å². The SMILES string of the molecule is COc1ccc([C@H](C)NC(=O)CN(c2ccc(Cl)cc2)S(C)(=O)=O)cc1OC. The molecule has 0 fully saturated rings. The van der Waals surface area contributed by atoms with E-state index in [4.69, 9.17) is 21.1 Å². The number of ether oxygens (including phenoxy) is 2. The number of halogens is 1. The number of hydrogen-bond donors (Lipinski definition) is 1. The standard InChI is InChI=1S/C19H23ClN2O5S/c1-13(14-5-10-17(26-2)18(11-14)27-3)21-19(23)12-22(28(4,24)25)16-8-6-15(20)7-9-16/h5-11,13H,12H2,1-4H3,(H,21,23)/t13-/m0/s1. The van der Waals surface area contributed by atoms with E-state index in [1.165, 1.54) is 7.11 Å². The summed E-state index contributed by atoms with van der Waals surface area (Å²) in [4.78, 5) is 12.5. The predicted octanol–water partition coefficient (Wildman–Crippen LogP) is 3.00. The second-order valence-electron chi connectivity index (χ2n) is 6.15. The Kier molecular flexibility index (Phi) is 7.15. The lowest BCUT2D eigenvalue weighted by Crippen LogP contribution is -2.41. The van der Waals surface area contributed by atoms with Crippen LogP contribution in [0.15, 0.2) is 42.5 Å². The van der Waals surface area contributed by atoms with Crippen LogP contribution in [0, 0.1) is 0 Å². The zero-order chi connectivity index (χ0) is 20.9. The molecule has 1 atom stereocenters. The van der Waals surface area contributed by atoms with E-state index >= 15 is 0 Å². The number of sulfonamides is 1. The molecule has 0 aliphatic carbocycles. The second kappa shape index (κ2) is 9.16. The number of hydrogen-bond acceptors (Lipinski definition) is 5. The molecular formula is C19H23ClN2O5S. The maximum absolute atomic E-state index is 12.5. The number of amides is 1. The van der Waals surface area contributed by atoms with Gasteiger partial charge in [-0.3, -0.25) is 9.10 Å². The third kappa shape index (κ3) is 5.53. The Morgan fingerprint density at radius 3 is 2.25 bits per heavy atom. The van der Waals surface area contributed by atoms with Crippen LogP contribution in [0.5, 0.6) is 11.5 Å². The van der Waals surface area contributed by atoms with E-state index in [0.717, 1.165) is 16.1 Å². The maximum Gasteiger partial charge on any atom is 0.241 e. The fourth-order valence-corrected chi connectivity index (χ4v) is 3.61. The highest BCUT2D eigenvalue weighted by molar-refractivity contribution is 7.92. The van der Waals surface area contributed by atoms with Crippen LogP contribution in [0.1, 0.15) is 18.5 Å². The Balaban J connectivity index is 2.15. The van der Waals surface area contributed by atoms with E-state index in [-0.39, 0.29) is 12.6 Å². The molecule has 152 valence electrons. The van der Waals surface area contributed by atoms with Gasteiger partial charge in [0.05, 0.1) is 32.2 Å². The van der Waals surface area contributed by atoms with Crippen LogP contribution in [-0.4, -0.2) is 41.3 Å². The number of carbonyl (C=O) groups is 1. The zero-order valence-electron chi connectivity index (χ0n) is 16.1. The highest BCUT2D eigenvalue weighted by Gasteiger charge is 2.22. The Bertz CT molecular complexity index is 932. The minimum absolute atomic E-state index is 0.349. The fraction of sp³-hybridized carbons (Fsp3) is 0.316. The molecule has 0 bridgehead atoms. The normalized spacial score (nSPS) is 12.2. The average molecular weight is 427 g/mol. The quantitative estimate of drug-likeness (QED) is 0.701. The van der Waals surface area contributed by atoms with E-state index in [1.807, 2.05) is 0 Å². The van der Waals surface area contributed by atoms with Gasteiger partial charge in [0.25, 0.3) is 0 Å². The summed E-state index contributed by atoms with van der Waals surface area (Å²) < 4.78 is 35.8. The third-order valence-corrected chi connectivity index (χ3v) is 5.48.